The molecule has 3 rings (SSSR count). The third-order valence-electron chi connectivity index (χ3n) is 10.1. The molecular weight excluding hydrogens is 572 g/mol. The number of aliphatic hydroxyl groups is 4. The highest BCUT2D eigenvalue weighted by molar-refractivity contribution is 5.90. The number of aliphatic hydroxyl groups excluding tert-OH is 4. The molecule has 4 N–H and O–H groups in total. The molecule has 262 valence electrons. The summed E-state index contributed by atoms with van der Waals surface area (Å²) >= 11 is 0. The van der Waals surface area contributed by atoms with E-state index in [1.807, 2.05) is 13.0 Å². The highest BCUT2D eigenvalue weighted by atomic mass is 16.6. The van der Waals surface area contributed by atoms with E-state index in [0.717, 1.165) is 128 Å². The maximum atomic E-state index is 11.6. The summed E-state index contributed by atoms with van der Waals surface area (Å²) in [6.45, 7) is 4.06. The quantitative estimate of drug-likeness (QED) is 0.0634. The lowest BCUT2D eigenvalue weighted by Crippen LogP contribution is -2.33. The minimum absolute atomic E-state index is 0.00954. The molecule has 0 bridgehead atoms. The van der Waals surface area contributed by atoms with Crippen LogP contribution in [0.1, 0.15) is 162 Å². The van der Waals surface area contributed by atoms with E-state index in [9.17, 15) is 25.2 Å². The third-order valence-corrected chi connectivity index (χ3v) is 10.1. The van der Waals surface area contributed by atoms with E-state index in [1.54, 1.807) is 0 Å². The van der Waals surface area contributed by atoms with Crippen LogP contribution in [0.4, 0.5) is 0 Å². The van der Waals surface area contributed by atoms with E-state index in [4.69, 9.17) is 14.2 Å². The minimum atomic E-state index is -0.489. The predicted molar refractivity (Wildman–Crippen MR) is 177 cm³/mol. The fourth-order valence-electron chi connectivity index (χ4n) is 7.29. The zero-order valence-electron chi connectivity index (χ0n) is 28.5. The second-order valence-electron chi connectivity index (χ2n) is 14.2. The Hall–Kier alpha value is -1.03. The summed E-state index contributed by atoms with van der Waals surface area (Å²) in [6.07, 6.45) is 21.4. The maximum absolute atomic E-state index is 11.6. The summed E-state index contributed by atoms with van der Waals surface area (Å²) in [5.41, 5.74) is 0.822. The smallest absolute Gasteiger partial charge is 0.334 e. The largest absolute Gasteiger partial charge is 0.455 e. The van der Waals surface area contributed by atoms with E-state index in [0.29, 0.717) is 12.8 Å². The summed E-state index contributed by atoms with van der Waals surface area (Å²) in [7, 11) is 0. The molecule has 0 aliphatic carbocycles. The molecule has 0 aromatic carbocycles. The molecule has 3 heterocycles. The van der Waals surface area contributed by atoms with E-state index < -0.39 is 12.2 Å². The molecule has 0 unspecified atom stereocenters. The third kappa shape index (κ3) is 14.7. The van der Waals surface area contributed by atoms with Gasteiger partial charge in [-0.2, -0.15) is 0 Å². The standard InChI is InChI=1S/C37H66O8/c1-3-4-8-16-29(38)18-11-13-20-31(40)33-22-24-35(44-33)36-25-23-34(45-36)32(41)21-14-12-19-30(39)17-10-7-5-6-9-15-28-26-27(2)43-37(28)42/h26-27,29-36,38-41H,3-25H2,1-2H3/t27-,29-,30+,31-,32+,33+,34+,35+,36+/m0/s1. The molecule has 0 aromatic rings. The average molecular weight is 639 g/mol. The van der Waals surface area contributed by atoms with Crippen molar-refractivity contribution >= 4 is 5.97 Å². The number of unbranched alkanes of at least 4 members (excludes halogenated alkanes) is 8. The number of hydrogen-bond acceptors (Lipinski definition) is 8. The van der Waals surface area contributed by atoms with E-state index in [2.05, 4.69) is 6.92 Å². The van der Waals surface area contributed by atoms with Gasteiger partial charge in [0.25, 0.3) is 0 Å². The van der Waals surface area contributed by atoms with Gasteiger partial charge in [-0.3, -0.25) is 0 Å². The van der Waals surface area contributed by atoms with Gasteiger partial charge >= 0.3 is 5.97 Å². The zero-order valence-corrected chi connectivity index (χ0v) is 28.5. The van der Waals surface area contributed by atoms with E-state index in [1.165, 1.54) is 12.8 Å². The molecule has 2 fully saturated rings. The van der Waals surface area contributed by atoms with Crippen LogP contribution >= 0.6 is 0 Å². The molecule has 0 radical (unpaired) electrons. The Morgan fingerprint density at radius 2 is 1.09 bits per heavy atom. The van der Waals surface area contributed by atoms with Crippen LogP contribution in [-0.2, 0) is 19.0 Å². The molecule has 8 heteroatoms. The summed E-state index contributed by atoms with van der Waals surface area (Å²) in [5, 5.41) is 41.9. The molecule has 0 aromatic heterocycles. The molecule has 3 aliphatic rings. The fourth-order valence-corrected chi connectivity index (χ4v) is 7.29. The number of rotatable bonds is 25. The molecule has 2 saturated heterocycles. The van der Waals surface area contributed by atoms with Gasteiger partial charge in [0.15, 0.2) is 0 Å². The van der Waals surface area contributed by atoms with Crippen LogP contribution in [0, 0.1) is 0 Å². The van der Waals surface area contributed by atoms with Gasteiger partial charge in [0.05, 0.1) is 48.8 Å². The lowest BCUT2D eigenvalue weighted by atomic mass is 9.99. The molecule has 0 saturated carbocycles. The molecular formula is C37H66O8. The first-order chi connectivity index (χ1) is 21.8. The normalized spacial score (nSPS) is 27.8. The topological polar surface area (TPSA) is 126 Å². The summed E-state index contributed by atoms with van der Waals surface area (Å²) < 4.78 is 17.6. The molecule has 0 amide bonds. The number of carbonyl (C=O) groups is 1. The zero-order chi connectivity index (χ0) is 32.4. The fraction of sp³-hybridized carbons (Fsp3) is 0.919. The second-order valence-corrected chi connectivity index (χ2v) is 14.2. The lowest BCUT2D eigenvalue weighted by Gasteiger charge is -2.24. The monoisotopic (exact) mass is 638 g/mol. The Morgan fingerprint density at radius 3 is 1.58 bits per heavy atom. The van der Waals surface area contributed by atoms with Gasteiger partial charge in [0.2, 0.25) is 0 Å². The first-order valence-electron chi connectivity index (χ1n) is 18.7. The Bertz CT molecular complexity index is 833. The predicted octanol–water partition coefficient (Wildman–Crippen LogP) is 6.83. The highest BCUT2D eigenvalue weighted by Crippen LogP contribution is 2.34. The van der Waals surface area contributed by atoms with Gasteiger partial charge in [-0.15, -0.1) is 0 Å². The Kier molecular flexibility index (Phi) is 18.6. The van der Waals surface area contributed by atoms with Crippen molar-refractivity contribution < 1.29 is 39.4 Å². The van der Waals surface area contributed by atoms with Gasteiger partial charge in [-0.05, 0) is 90.0 Å². The van der Waals surface area contributed by atoms with Gasteiger partial charge in [-0.25, -0.2) is 4.79 Å². The first-order valence-corrected chi connectivity index (χ1v) is 18.7. The van der Waals surface area contributed by atoms with Crippen LogP contribution in [-0.4, -0.2) is 81.3 Å². The number of cyclic esters (lactones) is 1. The van der Waals surface area contributed by atoms with Crippen LogP contribution in [0.25, 0.3) is 0 Å². The van der Waals surface area contributed by atoms with Gasteiger partial charge in [0, 0.05) is 5.57 Å². The molecule has 0 spiro atoms. The maximum Gasteiger partial charge on any atom is 0.334 e. The second kappa shape index (κ2) is 21.8. The van der Waals surface area contributed by atoms with Crippen molar-refractivity contribution in [3.8, 4) is 0 Å². The number of ether oxygens (including phenoxy) is 3. The van der Waals surface area contributed by atoms with Crippen LogP contribution in [0.2, 0.25) is 0 Å². The number of esters is 1. The van der Waals surface area contributed by atoms with Crippen molar-refractivity contribution in [1.82, 2.24) is 0 Å². The molecule has 3 aliphatic heterocycles. The molecule has 8 nitrogen and oxygen atoms in total. The first kappa shape index (κ1) is 38.4. The van der Waals surface area contributed by atoms with Gasteiger partial charge in [-0.1, -0.05) is 77.6 Å². The van der Waals surface area contributed by atoms with Crippen LogP contribution in [0.15, 0.2) is 11.6 Å². The van der Waals surface area contributed by atoms with Gasteiger partial charge in [0.1, 0.15) is 6.10 Å². The van der Waals surface area contributed by atoms with Crippen molar-refractivity contribution in [1.29, 1.82) is 0 Å². The van der Waals surface area contributed by atoms with Crippen LogP contribution < -0.4 is 0 Å². The number of hydrogen-bond donors (Lipinski definition) is 4. The average Bonchev–Trinajstić information content (AvgIpc) is 3.77. The van der Waals surface area contributed by atoms with Crippen molar-refractivity contribution in [3.05, 3.63) is 11.6 Å². The minimum Gasteiger partial charge on any atom is -0.455 e. The van der Waals surface area contributed by atoms with E-state index >= 15 is 0 Å². The Balaban J connectivity index is 1.16. The number of carbonyl (C=O) groups excluding carboxylic acids is 1. The summed E-state index contributed by atoms with van der Waals surface area (Å²) in [5.74, 6) is -0.157. The van der Waals surface area contributed by atoms with Crippen molar-refractivity contribution in [3.63, 3.8) is 0 Å². The summed E-state index contributed by atoms with van der Waals surface area (Å²) in [4.78, 5) is 11.6. The SMILES string of the molecule is CCCCC[C@H](O)CCCC[C@H](O)[C@H]1CC[C@H]([C@H]2CC[C@H]([C@H](O)CCCC[C@H](O)CCCCCCCC3=C[C@H](C)OC3=O)O2)O1. The van der Waals surface area contributed by atoms with Gasteiger partial charge < -0.3 is 34.6 Å². The van der Waals surface area contributed by atoms with Crippen LogP contribution in [0.3, 0.4) is 0 Å². The molecule has 45 heavy (non-hydrogen) atoms. The summed E-state index contributed by atoms with van der Waals surface area (Å²) in [6, 6.07) is 0. The highest BCUT2D eigenvalue weighted by Gasteiger charge is 2.40. The van der Waals surface area contributed by atoms with E-state index in [-0.39, 0.29) is 48.7 Å². The Morgan fingerprint density at radius 1 is 0.644 bits per heavy atom. The van der Waals surface area contributed by atoms with Crippen molar-refractivity contribution in [2.75, 3.05) is 0 Å². The van der Waals surface area contributed by atoms with Crippen LogP contribution in [0.5, 0.6) is 0 Å². The van der Waals surface area contributed by atoms with Crippen molar-refractivity contribution in [2.45, 2.75) is 216 Å². The molecule has 9 atom stereocenters. The van der Waals surface area contributed by atoms with Crippen molar-refractivity contribution in [2.24, 2.45) is 0 Å². The lowest BCUT2D eigenvalue weighted by molar-refractivity contribution is -0.139. The Labute approximate surface area is 273 Å².